The minimum atomic E-state index is -0.140. The monoisotopic (exact) mass is 393 g/mol. The zero-order valence-electron chi connectivity index (χ0n) is 17.0. The van der Waals surface area contributed by atoms with Gasteiger partial charge in [-0.3, -0.25) is 14.4 Å². The summed E-state index contributed by atoms with van der Waals surface area (Å²) >= 11 is 0. The molecule has 0 bridgehead atoms. The Morgan fingerprint density at radius 2 is 1.79 bits per heavy atom. The molecule has 2 aromatic rings. The van der Waals surface area contributed by atoms with Gasteiger partial charge in [0.2, 0.25) is 11.8 Å². The van der Waals surface area contributed by atoms with Crippen LogP contribution >= 0.6 is 0 Å². The molecule has 29 heavy (non-hydrogen) atoms. The van der Waals surface area contributed by atoms with E-state index in [0.29, 0.717) is 25.2 Å². The largest absolute Gasteiger partial charge is 0.360 e. The van der Waals surface area contributed by atoms with Crippen molar-refractivity contribution in [2.45, 2.75) is 33.2 Å². The van der Waals surface area contributed by atoms with Gasteiger partial charge in [0, 0.05) is 43.7 Å². The molecule has 0 spiro atoms. The number of amides is 2. The molecule has 2 aromatic carbocycles. The molecule has 0 aromatic heterocycles. The second-order valence-electron chi connectivity index (χ2n) is 7.44. The molecule has 1 aliphatic rings. The van der Waals surface area contributed by atoms with Gasteiger partial charge >= 0.3 is 0 Å². The Kier molecular flexibility index (Phi) is 6.65. The van der Waals surface area contributed by atoms with Crippen LogP contribution in [0.2, 0.25) is 0 Å². The van der Waals surface area contributed by atoms with Gasteiger partial charge in [-0.2, -0.15) is 0 Å². The predicted octanol–water partition coefficient (Wildman–Crippen LogP) is 2.52. The van der Waals surface area contributed by atoms with Gasteiger partial charge in [0.15, 0.2) is 5.78 Å². The standard InChI is InChI=1S/C23H27N3O3/c1-16-3-6-19(13-17(16)2)21(27)9-10-22(28)25-14-18-4-7-20(8-5-18)26-12-11-24-23(29)15-26/h3-8,13H,9-12,14-15H2,1-2H3,(H,24,29)(H,25,28). The Morgan fingerprint density at radius 3 is 2.48 bits per heavy atom. The first-order valence-electron chi connectivity index (χ1n) is 9.90. The second kappa shape index (κ2) is 9.37. The molecule has 0 saturated carbocycles. The lowest BCUT2D eigenvalue weighted by atomic mass is 10.0. The highest BCUT2D eigenvalue weighted by Gasteiger charge is 2.16. The molecule has 1 aliphatic heterocycles. The number of nitrogens with zero attached hydrogens (tertiary/aromatic N) is 1. The van der Waals surface area contributed by atoms with E-state index in [1.54, 1.807) is 0 Å². The van der Waals surface area contributed by atoms with E-state index in [1.165, 1.54) is 0 Å². The van der Waals surface area contributed by atoms with Crippen molar-refractivity contribution < 1.29 is 14.4 Å². The number of hydrogen-bond donors (Lipinski definition) is 2. The normalized spacial score (nSPS) is 13.7. The summed E-state index contributed by atoms with van der Waals surface area (Å²) in [4.78, 5) is 37.9. The van der Waals surface area contributed by atoms with E-state index in [9.17, 15) is 14.4 Å². The Morgan fingerprint density at radius 1 is 1.03 bits per heavy atom. The van der Waals surface area contributed by atoms with Gasteiger partial charge in [-0.25, -0.2) is 0 Å². The van der Waals surface area contributed by atoms with Crippen molar-refractivity contribution in [3.63, 3.8) is 0 Å². The molecule has 2 amide bonds. The average molecular weight is 393 g/mol. The third-order valence-corrected chi connectivity index (χ3v) is 5.24. The molecule has 3 rings (SSSR count). The molecule has 1 saturated heterocycles. The van der Waals surface area contributed by atoms with Crippen LogP contribution in [0.1, 0.15) is 39.9 Å². The van der Waals surface area contributed by atoms with E-state index in [4.69, 9.17) is 0 Å². The molecular weight excluding hydrogens is 366 g/mol. The van der Waals surface area contributed by atoms with Crippen molar-refractivity contribution in [2.24, 2.45) is 0 Å². The Labute approximate surface area is 171 Å². The van der Waals surface area contributed by atoms with Crippen molar-refractivity contribution in [3.8, 4) is 0 Å². The van der Waals surface area contributed by atoms with Gasteiger partial charge in [-0.05, 0) is 48.7 Å². The second-order valence-corrected chi connectivity index (χ2v) is 7.44. The highest BCUT2D eigenvalue weighted by Crippen LogP contribution is 2.16. The summed E-state index contributed by atoms with van der Waals surface area (Å²) < 4.78 is 0. The molecule has 0 radical (unpaired) electrons. The molecule has 6 nitrogen and oxygen atoms in total. The average Bonchev–Trinajstić information content (AvgIpc) is 2.73. The maximum atomic E-state index is 12.3. The highest BCUT2D eigenvalue weighted by molar-refractivity contribution is 5.98. The van der Waals surface area contributed by atoms with Crippen LogP contribution in [-0.2, 0) is 16.1 Å². The number of benzene rings is 2. The first-order valence-corrected chi connectivity index (χ1v) is 9.90. The number of anilines is 1. The van der Waals surface area contributed by atoms with E-state index in [-0.39, 0.29) is 30.4 Å². The maximum absolute atomic E-state index is 12.3. The van der Waals surface area contributed by atoms with Gasteiger partial charge in [0.05, 0.1) is 6.54 Å². The van der Waals surface area contributed by atoms with Crippen molar-refractivity contribution in [2.75, 3.05) is 24.5 Å². The van der Waals surface area contributed by atoms with E-state index < -0.39 is 0 Å². The van der Waals surface area contributed by atoms with Crippen molar-refractivity contribution in [1.82, 2.24) is 10.6 Å². The van der Waals surface area contributed by atoms with Gasteiger partial charge in [-0.1, -0.05) is 24.3 Å². The third kappa shape index (κ3) is 5.67. The summed E-state index contributed by atoms with van der Waals surface area (Å²) in [5.41, 5.74) is 4.85. The number of hydrogen-bond acceptors (Lipinski definition) is 4. The van der Waals surface area contributed by atoms with Gasteiger partial charge in [-0.15, -0.1) is 0 Å². The van der Waals surface area contributed by atoms with E-state index in [1.807, 2.05) is 61.2 Å². The summed E-state index contributed by atoms with van der Waals surface area (Å²) in [5, 5.41) is 5.67. The van der Waals surface area contributed by atoms with Crippen molar-refractivity contribution >= 4 is 23.3 Å². The van der Waals surface area contributed by atoms with Crippen LogP contribution in [0.25, 0.3) is 0 Å². The SMILES string of the molecule is Cc1ccc(C(=O)CCC(=O)NCc2ccc(N3CCNC(=O)C3)cc2)cc1C. The summed E-state index contributed by atoms with van der Waals surface area (Å²) in [6.45, 7) is 6.20. The molecule has 0 aliphatic carbocycles. The molecule has 2 N–H and O–H groups in total. The minimum absolute atomic E-state index is 0.0156. The van der Waals surface area contributed by atoms with E-state index >= 15 is 0 Å². The molecule has 1 heterocycles. The third-order valence-electron chi connectivity index (χ3n) is 5.24. The lowest BCUT2D eigenvalue weighted by Crippen LogP contribution is -2.47. The van der Waals surface area contributed by atoms with Gasteiger partial charge in [0.25, 0.3) is 0 Å². The minimum Gasteiger partial charge on any atom is -0.360 e. The molecular formula is C23H27N3O3. The highest BCUT2D eigenvalue weighted by atomic mass is 16.2. The number of aryl methyl sites for hydroxylation is 2. The summed E-state index contributed by atoms with van der Waals surface area (Å²) in [6, 6.07) is 13.4. The number of carbonyl (C=O) groups is 3. The predicted molar refractivity (Wildman–Crippen MR) is 113 cm³/mol. The Balaban J connectivity index is 1.44. The fraction of sp³-hybridized carbons (Fsp3) is 0.348. The van der Waals surface area contributed by atoms with Crippen LogP contribution in [0.15, 0.2) is 42.5 Å². The van der Waals surface area contributed by atoms with Crippen molar-refractivity contribution in [1.29, 1.82) is 0 Å². The molecule has 0 atom stereocenters. The smallest absolute Gasteiger partial charge is 0.239 e. The topological polar surface area (TPSA) is 78.5 Å². The van der Waals surface area contributed by atoms with Crippen LogP contribution in [0.4, 0.5) is 5.69 Å². The lowest BCUT2D eigenvalue weighted by Gasteiger charge is -2.28. The zero-order chi connectivity index (χ0) is 20.8. The maximum Gasteiger partial charge on any atom is 0.239 e. The van der Waals surface area contributed by atoms with Gasteiger partial charge in [0.1, 0.15) is 0 Å². The number of piperazine rings is 1. The van der Waals surface area contributed by atoms with Gasteiger partial charge < -0.3 is 15.5 Å². The lowest BCUT2D eigenvalue weighted by molar-refractivity contribution is -0.121. The number of rotatable bonds is 7. The zero-order valence-corrected chi connectivity index (χ0v) is 17.0. The van der Waals surface area contributed by atoms with Crippen LogP contribution in [0, 0.1) is 13.8 Å². The fourth-order valence-electron chi connectivity index (χ4n) is 3.26. The summed E-state index contributed by atoms with van der Waals surface area (Å²) in [7, 11) is 0. The molecule has 152 valence electrons. The quantitative estimate of drug-likeness (QED) is 0.709. The van der Waals surface area contributed by atoms with Crippen LogP contribution in [0.5, 0.6) is 0 Å². The van der Waals surface area contributed by atoms with Crippen molar-refractivity contribution in [3.05, 3.63) is 64.7 Å². The first kappa shape index (κ1) is 20.6. The fourth-order valence-corrected chi connectivity index (χ4v) is 3.26. The Bertz CT molecular complexity index is 906. The molecule has 1 fully saturated rings. The number of Topliss-reactive ketones (excluding diaryl/α,β-unsaturated/α-hetero) is 1. The number of carbonyl (C=O) groups excluding carboxylic acids is 3. The number of nitrogens with one attached hydrogen (secondary N) is 2. The first-order chi connectivity index (χ1) is 13.9. The van der Waals surface area contributed by atoms with E-state index in [2.05, 4.69) is 10.6 Å². The summed E-state index contributed by atoms with van der Waals surface area (Å²) in [6.07, 6.45) is 0.372. The Hall–Kier alpha value is -3.15. The molecule has 6 heteroatoms. The van der Waals surface area contributed by atoms with E-state index in [0.717, 1.165) is 28.9 Å². The number of ketones is 1. The molecule has 0 unspecified atom stereocenters. The van der Waals surface area contributed by atoms with Crippen LogP contribution in [-0.4, -0.2) is 37.2 Å². The van der Waals surface area contributed by atoms with Crippen LogP contribution in [0.3, 0.4) is 0 Å². The summed E-state index contributed by atoms with van der Waals surface area (Å²) in [5.74, 6) is -0.125. The van der Waals surface area contributed by atoms with Crippen LogP contribution < -0.4 is 15.5 Å².